The summed E-state index contributed by atoms with van der Waals surface area (Å²) >= 11 is 0. The van der Waals surface area contributed by atoms with Gasteiger partial charge < -0.3 is 11.1 Å². The molecule has 3 aromatic heterocycles. The van der Waals surface area contributed by atoms with E-state index in [1.165, 1.54) is 38.9 Å². The topological polar surface area (TPSA) is 133 Å². The molecule has 13 heteroatoms. The number of amides is 2. The van der Waals surface area contributed by atoms with Crippen molar-refractivity contribution in [2.45, 2.75) is 19.4 Å². The quantitative estimate of drug-likeness (QED) is 0.260. The Bertz CT molecular complexity index is 1410. The van der Waals surface area contributed by atoms with E-state index in [0.29, 0.717) is 33.5 Å². The minimum atomic E-state index is -4.56. The number of nitrogens with one attached hydrogen (secondary N) is 2. The van der Waals surface area contributed by atoms with E-state index in [1.54, 1.807) is 24.7 Å². The maximum Gasteiger partial charge on any atom is 0.482 e. The van der Waals surface area contributed by atoms with Gasteiger partial charge in [-0.1, -0.05) is 6.58 Å². The summed E-state index contributed by atoms with van der Waals surface area (Å²) in [6.45, 7) is 3.36. The van der Waals surface area contributed by atoms with Gasteiger partial charge in [0.1, 0.15) is 6.54 Å². The second kappa shape index (κ2) is 9.29. The van der Waals surface area contributed by atoms with E-state index in [0.717, 1.165) is 6.08 Å². The van der Waals surface area contributed by atoms with Crippen LogP contribution >= 0.6 is 0 Å². The summed E-state index contributed by atoms with van der Waals surface area (Å²) in [5.41, 5.74) is 7.76. The van der Waals surface area contributed by atoms with Crippen LogP contribution in [0, 0.1) is 0 Å². The Kier molecular flexibility index (Phi) is 6.23. The fraction of sp³-hybridized carbons (Fsp3) is 0.136. The number of nitrogens with two attached hydrogens (primary N) is 1. The molecule has 35 heavy (non-hydrogen) atoms. The number of rotatable bonds is 8. The Morgan fingerprint density at radius 3 is 2.57 bits per heavy atom. The van der Waals surface area contributed by atoms with Crippen molar-refractivity contribution in [1.82, 2.24) is 29.9 Å². The van der Waals surface area contributed by atoms with Crippen molar-refractivity contribution in [3.8, 4) is 16.8 Å². The molecule has 0 unspecified atom stereocenters. The lowest BCUT2D eigenvalue weighted by atomic mass is 10.1. The third-order valence-corrected chi connectivity index (χ3v) is 4.92. The number of anilines is 1. The molecule has 0 bridgehead atoms. The Labute approximate surface area is 196 Å². The van der Waals surface area contributed by atoms with Crippen molar-refractivity contribution in [3.63, 3.8) is 0 Å². The van der Waals surface area contributed by atoms with Crippen molar-refractivity contribution < 1.29 is 22.8 Å². The van der Waals surface area contributed by atoms with Crippen LogP contribution in [0.2, 0.25) is 0 Å². The first-order valence-electron chi connectivity index (χ1n) is 10.2. The molecule has 0 radical (unpaired) electrons. The Balaban J connectivity index is 1.81. The number of hydrogen-bond donors (Lipinski definition) is 3. The highest BCUT2D eigenvalue weighted by atomic mass is 19.4. The summed E-state index contributed by atoms with van der Waals surface area (Å²) in [6, 6.07) is 7.20. The normalized spacial score (nSPS) is 11.4. The van der Waals surface area contributed by atoms with Crippen molar-refractivity contribution in [1.29, 1.82) is 0 Å². The van der Waals surface area contributed by atoms with Crippen LogP contribution in [0.1, 0.15) is 5.69 Å². The zero-order chi connectivity index (χ0) is 25.2. The highest BCUT2D eigenvalue weighted by molar-refractivity contribution is 5.96. The predicted molar refractivity (Wildman–Crippen MR) is 121 cm³/mol. The molecule has 0 atom stereocenters. The van der Waals surface area contributed by atoms with Gasteiger partial charge in [-0.2, -0.15) is 23.4 Å². The molecule has 2 amide bonds. The molecular formula is C22H19F3N8O2. The third kappa shape index (κ3) is 5.29. The molecule has 3 heterocycles. The first-order valence-corrected chi connectivity index (χ1v) is 10.2. The SMILES string of the molecule is C=CC(=O)NCc1nn(-c2ccc(NC(F)(F)F)cc2)c2nccc(-c3cnn(CC(N)=O)c3)c12. The first-order chi connectivity index (χ1) is 16.6. The Hall–Kier alpha value is -4.68. The van der Waals surface area contributed by atoms with Crippen LogP contribution in [0.25, 0.3) is 27.8 Å². The monoisotopic (exact) mass is 484 g/mol. The zero-order valence-electron chi connectivity index (χ0n) is 18.1. The van der Waals surface area contributed by atoms with E-state index < -0.39 is 18.1 Å². The minimum absolute atomic E-state index is 0.0379. The maximum absolute atomic E-state index is 12.6. The smallest absolute Gasteiger partial charge is 0.368 e. The fourth-order valence-electron chi connectivity index (χ4n) is 3.50. The van der Waals surface area contributed by atoms with Crippen LogP contribution < -0.4 is 16.4 Å². The summed E-state index contributed by atoms with van der Waals surface area (Å²) in [4.78, 5) is 27.4. The number of aromatic nitrogens is 5. The molecular weight excluding hydrogens is 465 g/mol. The predicted octanol–water partition coefficient (Wildman–Crippen LogP) is 2.50. The average molecular weight is 484 g/mol. The van der Waals surface area contributed by atoms with Crippen LogP contribution in [-0.2, 0) is 22.7 Å². The molecule has 4 rings (SSSR count). The molecule has 1 aromatic carbocycles. The van der Waals surface area contributed by atoms with Crippen LogP contribution in [0.5, 0.6) is 0 Å². The highest BCUT2D eigenvalue weighted by Gasteiger charge is 2.27. The van der Waals surface area contributed by atoms with Gasteiger partial charge in [-0.25, -0.2) is 9.67 Å². The number of nitrogens with zero attached hydrogens (tertiary/aromatic N) is 5. The van der Waals surface area contributed by atoms with Gasteiger partial charge in [-0.15, -0.1) is 0 Å². The molecule has 0 aliphatic heterocycles. The second-order valence-corrected chi connectivity index (χ2v) is 7.40. The Morgan fingerprint density at radius 1 is 1.17 bits per heavy atom. The summed E-state index contributed by atoms with van der Waals surface area (Å²) in [5.74, 6) is -0.960. The molecule has 0 aliphatic rings. The van der Waals surface area contributed by atoms with Gasteiger partial charge in [-0.05, 0) is 42.0 Å². The molecule has 4 N–H and O–H groups in total. The minimum Gasteiger partial charge on any atom is -0.368 e. The fourth-order valence-corrected chi connectivity index (χ4v) is 3.50. The van der Waals surface area contributed by atoms with Crippen molar-refractivity contribution in [3.05, 3.63) is 67.3 Å². The molecule has 180 valence electrons. The number of hydrogen-bond acceptors (Lipinski definition) is 6. The van der Waals surface area contributed by atoms with Gasteiger partial charge in [0.2, 0.25) is 11.8 Å². The van der Waals surface area contributed by atoms with Gasteiger partial charge >= 0.3 is 6.30 Å². The lowest BCUT2D eigenvalue weighted by Crippen LogP contribution is -2.20. The van der Waals surface area contributed by atoms with Crippen molar-refractivity contribution in [2.24, 2.45) is 5.73 Å². The van der Waals surface area contributed by atoms with Gasteiger partial charge in [0.15, 0.2) is 5.65 Å². The summed E-state index contributed by atoms with van der Waals surface area (Å²) < 4.78 is 40.7. The lowest BCUT2D eigenvalue weighted by molar-refractivity contribution is -0.119. The number of carbonyl (C=O) groups is 2. The van der Waals surface area contributed by atoms with Gasteiger partial charge in [0, 0.05) is 23.6 Å². The zero-order valence-corrected chi connectivity index (χ0v) is 18.1. The van der Waals surface area contributed by atoms with Gasteiger partial charge in [0.25, 0.3) is 0 Å². The van der Waals surface area contributed by atoms with Gasteiger partial charge in [0.05, 0.1) is 29.5 Å². The average Bonchev–Trinajstić information content (AvgIpc) is 3.41. The summed E-state index contributed by atoms with van der Waals surface area (Å²) in [7, 11) is 0. The summed E-state index contributed by atoms with van der Waals surface area (Å²) in [6.07, 6.45) is 1.30. The molecule has 0 saturated heterocycles. The third-order valence-electron chi connectivity index (χ3n) is 4.92. The first kappa shape index (κ1) is 23.5. The van der Waals surface area contributed by atoms with E-state index in [2.05, 4.69) is 27.1 Å². The molecule has 0 aliphatic carbocycles. The maximum atomic E-state index is 12.6. The number of carbonyl (C=O) groups excluding carboxylic acids is 2. The molecule has 0 saturated carbocycles. The number of fused-ring (bicyclic) bond motifs is 1. The molecule has 10 nitrogen and oxygen atoms in total. The molecule has 0 spiro atoms. The van der Waals surface area contributed by atoms with Crippen LogP contribution in [0.15, 0.2) is 61.6 Å². The molecule has 0 fully saturated rings. The second-order valence-electron chi connectivity index (χ2n) is 7.40. The number of primary amides is 1. The van der Waals surface area contributed by atoms with Gasteiger partial charge in [-0.3, -0.25) is 19.6 Å². The van der Waals surface area contributed by atoms with Crippen LogP contribution in [0.4, 0.5) is 18.9 Å². The van der Waals surface area contributed by atoms with E-state index >= 15 is 0 Å². The van der Waals surface area contributed by atoms with Crippen molar-refractivity contribution in [2.75, 3.05) is 5.32 Å². The van der Waals surface area contributed by atoms with E-state index in [-0.39, 0.29) is 18.8 Å². The molecule has 4 aromatic rings. The largest absolute Gasteiger partial charge is 0.482 e. The number of alkyl halides is 3. The van der Waals surface area contributed by atoms with E-state index in [4.69, 9.17) is 5.73 Å². The van der Waals surface area contributed by atoms with Crippen LogP contribution in [-0.4, -0.2) is 42.7 Å². The highest BCUT2D eigenvalue weighted by Crippen LogP contribution is 2.31. The van der Waals surface area contributed by atoms with E-state index in [1.807, 2.05) is 0 Å². The van der Waals surface area contributed by atoms with Crippen LogP contribution in [0.3, 0.4) is 0 Å². The Morgan fingerprint density at radius 2 is 1.91 bits per heavy atom. The van der Waals surface area contributed by atoms with Crippen molar-refractivity contribution >= 4 is 28.5 Å². The van der Waals surface area contributed by atoms with E-state index in [9.17, 15) is 22.8 Å². The number of halogens is 3. The number of pyridine rings is 1. The summed E-state index contributed by atoms with van der Waals surface area (Å²) in [5, 5.41) is 13.4. The lowest BCUT2D eigenvalue weighted by Gasteiger charge is -2.10. The standard InChI is InChI=1S/C22H19F3N8O2/c1-2-19(35)28-10-17-20-16(13-9-29-32(11-13)12-18(26)34)7-8-27-21(20)33(31-17)15-5-3-14(4-6-15)30-22(23,24)25/h2-9,11,30H,1,10,12H2,(H2,26,34)(H,28,35). The number of benzene rings is 1.